The Morgan fingerprint density at radius 3 is 1.53 bits per heavy atom. The topological polar surface area (TPSA) is 0 Å². The number of halogens is 8. The Kier molecular flexibility index (Phi) is 6.19. The maximum atomic E-state index is 13.3. The molecule has 0 saturated carbocycles. The summed E-state index contributed by atoms with van der Waals surface area (Å²) in [5, 5.41) is 0. The summed E-state index contributed by atoms with van der Waals surface area (Å²) in [5.41, 5.74) is 0. The Bertz CT molecular complexity index is 262. The third-order valence-electron chi connectivity index (χ3n) is 1.95. The van der Waals surface area contributed by atoms with E-state index in [1.807, 2.05) is 0 Å². The van der Waals surface area contributed by atoms with Gasteiger partial charge in [0.05, 0.1) is 0 Å². The third kappa shape index (κ3) is 7.47. The van der Waals surface area contributed by atoms with E-state index in [4.69, 9.17) is 44.3 Å². The minimum Gasteiger partial charge on any atom is -0.200 e. The van der Waals surface area contributed by atoms with E-state index < -0.39 is 37.7 Å². The SMILES string of the molecule is C[Si](Cl)(Cl)CCC(F)(F)C(F)(F)C[Si](C)(Cl)Cl. The number of hydrogen-bond acceptors (Lipinski definition) is 0. The molecule has 0 aliphatic carbocycles. The summed E-state index contributed by atoms with van der Waals surface area (Å²) >= 11 is 22.1. The van der Waals surface area contributed by atoms with Crippen molar-refractivity contribution in [3.05, 3.63) is 0 Å². The van der Waals surface area contributed by atoms with E-state index in [1.165, 1.54) is 13.1 Å². The van der Waals surface area contributed by atoms with Gasteiger partial charge in [0, 0.05) is 12.5 Å². The van der Waals surface area contributed by atoms with Crippen LogP contribution in [0.2, 0.25) is 25.2 Å². The van der Waals surface area contributed by atoms with E-state index in [0.717, 1.165) is 0 Å². The molecule has 0 rings (SSSR count). The molecule has 0 unspecified atom stereocenters. The highest BCUT2D eigenvalue weighted by Gasteiger charge is 2.58. The zero-order valence-corrected chi connectivity index (χ0v) is 14.2. The van der Waals surface area contributed by atoms with Crippen molar-refractivity contribution in [3.8, 4) is 0 Å². The van der Waals surface area contributed by atoms with Gasteiger partial charge in [0.15, 0.2) is 0 Å². The lowest BCUT2D eigenvalue weighted by Gasteiger charge is -2.29. The van der Waals surface area contributed by atoms with Gasteiger partial charge < -0.3 is 0 Å². The number of hydrogen-bond donors (Lipinski definition) is 0. The van der Waals surface area contributed by atoms with E-state index in [1.54, 1.807) is 0 Å². The molecule has 0 aromatic carbocycles. The maximum Gasteiger partial charge on any atom is 0.310 e. The lowest BCUT2D eigenvalue weighted by molar-refractivity contribution is -0.198. The van der Waals surface area contributed by atoms with Crippen LogP contribution in [-0.4, -0.2) is 25.2 Å². The molecule has 0 amide bonds. The van der Waals surface area contributed by atoms with Crippen LogP contribution in [0.25, 0.3) is 0 Å². The van der Waals surface area contributed by atoms with Crippen molar-refractivity contribution in [2.24, 2.45) is 0 Å². The second kappa shape index (κ2) is 5.75. The van der Waals surface area contributed by atoms with Crippen LogP contribution in [0.15, 0.2) is 0 Å². The van der Waals surface area contributed by atoms with Crippen molar-refractivity contribution in [1.82, 2.24) is 0 Å². The predicted molar refractivity (Wildman–Crippen MR) is 70.8 cm³/mol. The molecule has 0 aromatic rings. The zero-order valence-electron chi connectivity index (χ0n) is 9.15. The molecule has 0 N–H and O–H groups in total. The third-order valence-corrected chi connectivity index (χ3v) is 6.07. The molecule has 0 nitrogen and oxygen atoms in total. The van der Waals surface area contributed by atoms with E-state index in [9.17, 15) is 17.6 Å². The molecule has 0 fully saturated rings. The van der Waals surface area contributed by atoms with Crippen molar-refractivity contribution in [2.75, 3.05) is 0 Å². The smallest absolute Gasteiger partial charge is 0.200 e. The Labute approximate surface area is 118 Å². The molecule has 10 heteroatoms. The lowest BCUT2D eigenvalue weighted by Crippen LogP contribution is -2.44. The van der Waals surface area contributed by atoms with Crippen LogP contribution in [0.1, 0.15) is 6.42 Å². The van der Waals surface area contributed by atoms with Crippen molar-refractivity contribution in [3.63, 3.8) is 0 Å². The van der Waals surface area contributed by atoms with Gasteiger partial charge in [0.25, 0.3) is 6.69 Å². The number of rotatable bonds is 6. The summed E-state index contributed by atoms with van der Waals surface area (Å²) in [7, 11) is 0. The van der Waals surface area contributed by atoms with Crippen molar-refractivity contribution in [1.29, 1.82) is 0 Å². The van der Waals surface area contributed by atoms with Crippen molar-refractivity contribution in [2.45, 2.75) is 43.4 Å². The van der Waals surface area contributed by atoms with Crippen LogP contribution in [0, 0.1) is 0 Å². The molecule has 0 bridgehead atoms. The minimum atomic E-state index is -4.23. The van der Waals surface area contributed by atoms with Crippen LogP contribution in [0.4, 0.5) is 17.6 Å². The maximum absolute atomic E-state index is 13.3. The molecular formula is C7H12Cl4F4Si2. The molecule has 0 heterocycles. The molecule has 0 spiro atoms. The highest BCUT2D eigenvalue weighted by molar-refractivity contribution is 7.45. The Morgan fingerprint density at radius 2 is 1.24 bits per heavy atom. The Hall–Kier alpha value is 1.31. The fraction of sp³-hybridized carbons (Fsp3) is 1.00. The fourth-order valence-corrected chi connectivity index (χ4v) is 4.44. The first kappa shape index (κ1) is 18.3. The zero-order chi connectivity index (χ0) is 14.1. The Morgan fingerprint density at radius 1 is 0.824 bits per heavy atom. The van der Waals surface area contributed by atoms with Gasteiger partial charge in [0.2, 0.25) is 6.69 Å². The van der Waals surface area contributed by atoms with E-state index >= 15 is 0 Å². The summed E-state index contributed by atoms with van der Waals surface area (Å²) in [6.45, 7) is -3.58. The van der Waals surface area contributed by atoms with Crippen molar-refractivity contribution >= 4 is 57.7 Å². The highest BCUT2D eigenvalue weighted by atomic mass is 35.7. The van der Waals surface area contributed by atoms with Crippen molar-refractivity contribution < 1.29 is 17.6 Å². The second-order valence-electron chi connectivity index (χ2n) is 4.23. The Balaban J connectivity index is 4.67. The first-order chi connectivity index (χ1) is 7.16. The molecule has 0 saturated heterocycles. The minimum absolute atomic E-state index is 0.318. The average molecular weight is 370 g/mol. The summed E-state index contributed by atoms with van der Waals surface area (Å²) in [4.78, 5) is 0. The molecular weight excluding hydrogens is 358 g/mol. The molecule has 0 atom stereocenters. The molecule has 17 heavy (non-hydrogen) atoms. The second-order valence-corrected chi connectivity index (χ2v) is 20.5. The van der Waals surface area contributed by atoms with Gasteiger partial charge >= 0.3 is 11.8 Å². The highest BCUT2D eigenvalue weighted by Crippen LogP contribution is 2.46. The van der Waals surface area contributed by atoms with Gasteiger partial charge in [-0.2, -0.15) is 8.78 Å². The van der Waals surface area contributed by atoms with Gasteiger partial charge in [-0.15, -0.1) is 44.3 Å². The molecule has 0 aromatic heterocycles. The van der Waals surface area contributed by atoms with Crippen LogP contribution in [-0.2, 0) is 0 Å². The van der Waals surface area contributed by atoms with Gasteiger partial charge in [-0.05, 0) is 19.1 Å². The van der Waals surface area contributed by atoms with E-state index in [0.29, 0.717) is 0 Å². The normalized spacial score (nSPS) is 15.2. The summed E-state index contributed by atoms with van der Waals surface area (Å²) in [6.07, 6.45) is -1.06. The summed E-state index contributed by atoms with van der Waals surface area (Å²) in [5.74, 6) is -8.42. The van der Waals surface area contributed by atoms with Crippen LogP contribution in [0.5, 0.6) is 0 Å². The lowest BCUT2D eigenvalue weighted by atomic mass is 10.1. The molecule has 0 aliphatic rings. The molecule has 0 radical (unpaired) electrons. The van der Waals surface area contributed by atoms with Gasteiger partial charge in [-0.1, -0.05) is 0 Å². The predicted octanol–water partition coefficient (Wildman–Crippen LogP) is 5.75. The van der Waals surface area contributed by atoms with E-state index in [-0.39, 0.29) is 6.04 Å². The standard InChI is InChI=1S/C7H12Cl4F4Si2/c1-16(8,9)4-3-6(12,13)7(14,15)5-17(2,10)11/h3-5H2,1-2H3. The first-order valence-corrected chi connectivity index (χ1v) is 14.1. The number of alkyl halides is 4. The quantitative estimate of drug-likeness (QED) is 0.318. The van der Waals surface area contributed by atoms with Crippen LogP contribution >= 0.6 is 44.3 Å². The monoisotopic (exact) mass is 368 g/mol. The first-order valence-electron chi connectivity index (χ1n) is 4.68. The molecule has 0 aliphatic heterocycles. The van der Waals surface area contributed by atoms with Gasteiger partial charge in [0.1, 0.15) is 0 Å². The van der Waals surface area contributed by atoms with Gasteiger partial charge in [-0.3, -0.25) is 0 Å². The van der Waals surface area contributed by atoms with E-state index in [2.05, 4.69) is 0 Å². The molecule has 104 valence electrons. The van der Waals surface area contributed by atoms with Crippen LogP contribution in [0.3, 0.4) is 0 Å². The van der Waals surface area contributed by atoms with Crippen LogP contribution < -0.4 is 0 Å². The summed E-state index contributed by atoms with van der Waals surface area (Å²) < 4.78 is 53.3. The largest absolute Gasteiger partial charge is 0.310 e. The fourth-order valence-electron chi connectivity index (χ4n) is 1.08. The summed E-state index contributed by atoms with van der Waals surface area (Å²) in [6, 6.07) is -1.51. The van der Waals surface area contributed by atoms with Gasteiger partial charge in [-0.25, -0.2) is 8.78 Å². The average Bonchev–Trinajstić information content (AvgIpc) is 1.94.